The minimum Gasteiger partial charge on any atom is -0.354 e. The summed E-state index contributed by atoms with van der Waals surface area (Å²) in [6, 6.07) is 7.57. The number of sulfonamides is 1. The number of hydrogen-bond acceptors (Lipinski definition) is 5. The summed E-state index contributed by atoms with van der Waals surface area (Å²) in [5.41, 5.74) is 1.28. The molecule has 26 heavy (non-hydrogen) atoms. The lowest BCUT2D eigenvalue weighted by molar-refractivity contribution is -0.121. The van der Waals surface area contributed by atoms with Crippen molar-refractivity contribution < 1.29 is 13.2 Å². The summed E-state index contributed by atoms with van der Waals surface area (Å²) in [4.78, 5) is 28.2. The van der Waals surface area contributed by atoms with E-state index < -0.39 is 10.0 Å². The average Bonchev–Trinajstić information content (AvgIpc) is 2.56. The first-order valence-corrected chi connectivity index (χ1v) is 9.66. The van der Waals surface area contributed by atoms with Crippen LogP contribution in [0, 0.1) is 0 Å². The maximum atomic E-state index is 12.0. The van der Waals surface area contributed by atoms with Crippen molar-refractivity contribution in [2.24, 2.45) is 5.14 Å². The van der Waals surface area contributed by atoms with Crippen molar-refractivity contribution in [3.8, 4) is 0 Å². The zero-order chi connectivity index (χ0) is 19.3. The van der Waals surface area contributed by atoms with Gasteiger partial charge in [0, 0.05) is 12.6 Å². The van der Waals surface area contributed by atoms with E-state index in [2.05, 4.69) is 10.3 Å². The van der Waals surface area contributed by atoms with Crippen molar-refractivity contribution in [1.29, 1.82) is 0 Å². The lowest BCUT2D eigenvalue weighted by Gasteiger charge is -2.09. The summed E-state index contributed by atoms with van der Waals surface area (Å²) >= 11 is 0. The van der Waals surface area contributed by atoms with Gasteiger partial charge in [-0.05, 0) is 30.0 Å². The molecule has 0 atom stereocenters. The van der Waals surface area contributed by atoms with Crippen LogP contribution in [0.3, 0.4) is 0 Å². The lowest BCUT2D eigenvalue weighted by Crippen LogP contribution is -2.33. The highest BCUT2D eigenvalue weighted by Crippen LogP contribution is 2.09. The molecule has 0 bridgehead atoms. The fourth-order valence-corrected chi connectivity index (χ4v) is 2.79. The minimum atomic E-state index is -3.71. The Labute approximate surface area is 152 Å². The predicted octanol–water partition coefficient (Wildman–Crippen LogP) is 0.373. The molecule has 2 rings (SSSR count). The summed E-state index contributed by atoms with van der Waals surface area (Å²) in [6.07, 6.45) is 1.90. The van der Waals surface area contributed by atoms with Crippen molar-refractivity contribution in [3.63, 3.8) is 0 Å². The van der Waals surface area contributed by atoms with Crippen LogP contribution >= 0.6 is 0 Å². The highest BCUT2D eigenvalue weighted by atomic mass is 32.2. The van der Waals surface area contributed by atoms with Crippen LogP contribution in [-0.2, 0) is 27.8 Å². The molecule has 2 aromatic rings. The number of primary sulfonamides is 1. The van der Waals surface area contributed by atoms with Gasteiger partial charge in [-0.15, -0.1) is 0 Å². The Morgan fingerprint density at radius 3 is 2.46 bits per heavy atom. The molecule has 0 fully saturated rings. The normalized spacial score (nSPS) is 11.5. The number of benzene rings is 1. The van der Waals surface area contributed by atoms with Crippen LogP contribution in [0.15, 0.2) is 46.3 Å². The van der Waals surface area contributed by atoms with Gasteiger partial charge < -0.3 is 5.32 Å². The largest absolute Gasteiger partial charge is 0.354 e. The Kier molecular flexibility index (Phi) is 6.27. The summed E-state index contributed by atoms with van der Waals surface area (Å²) in [7, 11) is -3.71. The third-order valence-corrected chi connectivity index (χ3v) is 4.72. The third kappa shape index (κ3) is 5.50. The summed E-state index contributed by atoms with van der Waals surface area (Å²) in [5.74, 6) is -0.154. The van der Waals surface area contributed by atoms with Crippen LogP contribution in [0.2, 0.25) is 0 Å². The van der Waals surface area contributed by atoms with Crippen molar-refractivity contribution >= 4 is 15.9 Å². The van der Waals surface area contributed by atoms with Crippen molar-refractivity contribution in [3.05, 3.63) is 58.3 Å². The van der Waals surface area contributed by atoms with Gasteiger partial charge in [-0.3, -0.25) is 14.2 Å². The van der Waals surface area contributed by atoms with E-state index in [4.69, 9.17) is 5.14 Å². The molecule has 1 aromatic carbocycles. The van der Waals surface area contributed by atoms with Gasteiger partial charge in [0.2, 0.25) is 15.9 Å². The Morgan fingerprint density at radius 1 is 1.27 bits per heavy atom. The molecule has 1 amide bonds. The zero-order valence-corrected chi connectivity index (χ0v) is 15.5. The zero-order valence-electron chi connectivity index (χ0n) is 14.7. The fourth-order valence-electron chi connectivity index (χ4n) is 2.28. The second-order valence-corrected chi connectivity index (χ2v) is 7.78. The molecular formula is C17H22N4O4S. The summed E-state index contributed by atoms with van der Waals surface area (Å²) in [6.45, 7) is 4.14. The van der Waals surface area contributed by atoms with Crippen LogP contribution in [0.1, 0.15) is 31.0 Å². The van der Waals surface area contributed by atoms with Crippen LogP contribution in [-0.4, -0.2) is 30.4 Å². The van der Waals surface area contributed by atoms with E-state index in [0.717, 1.165) is 5.56 Å². The van der Waals surface area contributed by atoms with E-state index in [1.54, 1.807) is 12.1 Å². The lowest BCUT2D eigenvalue weighted by atomic mass is 10.1. The average molecular weight is 378 g/mol. The fraction of sp³-hybridized carbons (Fsp3) is 0.353. The van der Waals surface area contributed by atoms with E-state index in [1.165, 1.54) is 29.1 Å². The van der Waals surface area contributed by atoms with Gasteiger partial charge in [-0.25, -0.2) is 18.5 Å². The second kappa shape index (κ2) is 8.24. The molecule has 1 aromatic heterocycles. The van der Waals surface area contributed by atoms with E-state index in [0.29, 0.717) is 18.7 Å². The molecule has 0 aliphatic carbocycles. The van der Waals surface area contributed by atoms with Crippen molar-refractivity contribution in [2.75, 3.05) is 6.54 Å². The number of carbonyl (C=O) groups excluding carboxylic acids is 1. The number of carbonyl (C=O) groups is 1. The van der Waals surface area contributed by atoms with E-state index in [9.17, 15) is 18.0 Å². The molecule has 0 spiro atoms. The van der Waals surface area contributed by atoms with Crippen molar-refractivity contribution in [2.45, 2.75) is 37.6 Å². The first kappa shape index (κ1) is 19.8. The molecule has 0 saturated carbocycles. The molecular weight excluding hydrogens is 356 g/mol. The Morgan fingerprint density at radius 2 is 1.92 bits per heavy atom. The quantitative estimate of drug-likeness (QED) is 0.720. The number of hydrogen-bond donors (Lipinski definition) is 2. The standard InChI is InChI=1S/C17H22N4O4S/c1-12(2)15-9-17(23)21(11-20-15)10-16(22)19-8-7-13-3-5-14(6-4-13)26(18,24)25/h3-6,9,11-12H,7-8,10H2,1-2H3,(H,19,22)(H2,18,24,25). The summed E-state index contributed by atoms with van der Waals surface area (Å²) in [5, 5.41) is 7.76. The van der Waals surface area contributed by atoms with Gasteiger partial charge in [0.15, 0.2) is 0 Å². The van der Waals surface area contributed by atoms with E-state index in [1.807, 2.05) is 13.8 Å². The van der Waals surface area contributed by atoms with Gasteiger partial charge in [-0.2, -0.15) is 0 Å². The van der Waals surface area contributed by atoms with Crippen LogP contribution < -0.4 is 16.0 Å². The topological polar surface area (TPSA) is 124 Å². The number of rotatable bonds is 7. The number of nitrogens with zero attached hydrogens (tertiary/aromatic N) is 2. The van der Waals surface area contributed by atoms with Gasteiger partial charge in [0.25, 0.3) is 5.56 Å². The van der Waals surface area contributed by atoms with Crippen LogP contribution in [0.25, 0.3) is 0 Å². The van der Waals surface area contributed by atoms with Crippen molar-refractivity contribution in [1.82, 2.24) is 14.9 Å². The molecule has 1 heterocycles. The van der Waals surface area contributed by atoms with E-state index in [-0.39, 0.29) is 28.8 Å². The first-order valence-electron chi connectivity index (χ1n) is 8.11. The van der Waals surface area contributed by atoms with Gasteiger partial charge in [0.1, 0.15) is 6.54 Å². The van der Waals surface area contributed by atoms with Crippen LogP contribution in [0.4, 0.5) is 0 Å². The molecule has 9 heteroatoms. The minimum absolute atomic E-state index is 0.0435. The molecule has 3 N–H and O–H groups in total. The van der Waals surface area contributed by atoms with E-state index >= 15 is 0 Å². The predicted molar refractivity (Wildman–Crippen MR) is 97.1 cm³/mol. The maximum Gasteiger partial charge on any atom is 0.254 e. The number of amides is 1. The van der Waals surface area contributed by atoms with Gasteiger partial charge in [0.05, 0.1) is 16.9 Å². The molecule has 0 unspecified atom stereocenters. The number of aromatic nitrogens is 2. The SMILES string of the molecule is CC(C)c1cc(=O)n(CC(=O)NCCc2ccc(S(N)(=O)=O)cc2)cn1. The summed E-state index contributed by atoms with van der Waals surface area (Å²) < 4.78 is 23.6. The molecule has 0 aliphatic heterocycles. The van der Waals surface area contributed by atoms with Gasteiger partial charge >= 0.3 is 0 Å². The van der Waals surface area contributed by atoms with Crippen LogP contribution in [0.5, 0.6) is 0 Å². The molecule has 0 aliphatic rings. The maximum absolute atomic E-state index is 12.0. The number of nitrogens with one attached hydrogen (secondary N) is 1. The molecule has 8 nitrogen and oxygen atoms in total. The molecule has 0 saturated heterocycles. The number of nitrogens with two attached hydrogens (primary N) is 1. The second-order valence-electron chi connectivity index (χ2n) is 6.22. The monoisotopic (exact) mass is 378 g/mol. The Hall–Kier alpha value is -2.52. The van der Waals surface area contributed by atoms with Gasteiger partial charge in [-0.1, -0.05) is 26.0 Å². The Balaban J connectivity index is 1.87. The first-order chi connectivity index (χ1) is 12.2. The highest BCUT2D eigenvalue weighted by Gasteiger charge is 2.09. The molecule has 0 radical (unpaired) electrons. The molecule has 140 valence electrons. The highest BCUT2D eigenvalue weighted by molar-refractivity contribution is 7.89. The smallest absolute Gasteiger partial charge is 0.254 e. The Bertz CT molecular complexity index is 934. The third-order valence-electron chi connectivity index (χ3n) is 3.79.